The number of carbonyl (C=O) groups is 1. The van der Waals surface area contributed by atoms with Gasteiger partial charge in [-0.25, -0.2) is 0 Å². The van der Waals surface area contributed by atoms with Gasteiger partial charge in [-0.15, -0.1) is 0 Å². The number of rotatable bonds is 5. The molecule has 1 saturated heterocycles. The quantitative estimate of drug-likeness (QED) is 0.844. The predicted octanol–water partition coefficient (Wildman–Crippen LogP) is 2.72. The molecule has 1 N–H and O–H groups in total. The summed E-state index contributed by atoms with van der Waals surface area (Å²) >= 11 is 0. The number of piperidine rings is 1. The van der Waals surface area contributed by atoms with E-state index < -0.39 is 0 Å². The van der Waals surface area contributed by atoms with Crippen molar-refractivity contribution in [3.05, 3.63) is 35.9 Å². The number of ketones is 1. The Morgan fingerprint density at radius 1 is 1.24 bits per heavy atom. The Hall–Kier alpha value is -1.15. The van der Waals surface area contributed by atoms with E-state index in [1.165, 1.54) is 18.4 Å². The molecule has 1 aromatic rings. The maximum absolute atomic E-state index is 11.8. The second kappa shape index (κ2) is 6.55. The maximum atomic E-state index is 11.8. The Balaban J connectivity index is 1.70. The highest BCUT2D eigenvalue weighted by molar-refractivity contribution is 5.79. The second-order valence-corrected chi connectivity index (χ2v) is 4.88. The van der Waals surface area contributed by atoms with Gasteiger partial charge in [0, 0.05) is 18.9 Å². The second-order valence-electron chi connectivity index (χ2n) is 4.88. The summed E-state index contributed by atoms with van der Waals surface area (Å²) in [5.41, 5.74) is 1.26. The monoisotopic (exact) mass is 231 g/mol. The minimum Gasteiger partial charge on any atom is -0.314 e. The third-order valence-corrected chi connectivity index (χ3v) is 3.42. The molecule has 1 aliphatic heterocycles. The van der Waals surface area contributed by atoms with Crippen LogP contribution in [0.25, 0.3) is 0 Å². The van der Waals surface area contributed by atoms with Gasteiger partial charge >= 0.3 is 0 Å². The average Bonchev–Trinajstić information content (AvgIpc) is 2.39. The molecular weight excluding hydrogens is 210 g/mol. The third kappa shape index (κ3) is 4.31. The Bertz CT molecular complexity index is 341. The lowest BCUT2D eigenvalue weighted by Gasteiger charge is -2.22. The molecule has 0 bridgehead atoms. The first kappa shape index (κ1) is 12.3. The van der Waals surface area contributed by atoms with Crippen LogP contribution in [-0.2, 0) is 11.2 Å². The lowest BCUT2D eigenvalue weighted by molar-refractivity contribution is -0.119. The molecule has 1 unspecified atom stereocenters. The van der Waals surface area contributed by atoms with Gasteiger partial charge in [-0.2, -0.15) is 0 Å². The molecule has 1 fully saturated rings. The summed E-state index contributed by atoms with van der Waals surface area (Å²) in [5, 5.41) is 3.43. The summed E-state index contributed by atoms with van der Waals surface area (Å²) in [6.07, 6.45) is 5.97. The number of nitrogens with one attached hydrogen (secondary N) is 1. The van der Waals surface area contributed by atoms with Crippen LogP contribution in [-0.4, -0.2) is 18.4 Å². The molecular formula is C15H21NO. The molecule has 1 aliphatic rings. The predicted molar refractivity (Wildman–Crippen MR) is 70.0 cm³/mol. The molecule has 0 radical (unpaired) electrons. The molecule has 2 heteroatoms. The van der Waals surface area contributed by atoms with Crippen molar-refractivity contribution >= 4 is 5.78 Å². The van der Waals surface area contributed by atoms with Crippen LogP contribution >= 0.6 is 0 Å². The first-order valence-electron chi connectivity index (χ1n) is 6.63. The summed E-state index contributed by atoms with van der Waals surface area (Å²) < 4.78 is 0. The lowest BCUT2D eigenvalue weighted by Crippen LogP contribution is -2.35. The fourth-order valence-corrected chi connectivity index (χ4v) is 2.40. The van der Waals surface area contributed by atoms with Crippen molar-refractivity contribution in [2.75, 3.05) is 6.54 Å². The van der Waals surface area contributed by atoms with Crippen molar-refractivity contribution in [2.24, 2.45) is 0 Å². The first-order chi connectivity index (χ1) is 8.34. The fraction of sp³-hybridized carbons (Fsp3) is 0.533. The van der Waals surface area contributed by atoms with Gasteiger partial charge in [-0.05, 0) is 31.4 Å². The van der Waals surface area contributed by atoms with E-state index in [-0.39, 0.29) is 0 Å². The van der Waals surface area contributed by atoms with Crippen LogP contribution in [0, 0.1) is 0 Å². The van der Waals surface area contributed by atoms with E-state index in [2.05, 4.69) is 17.4 Å². The van der Waals surface area contributed by atoms with Crippen LogP contribution in [0.2, 0.25) is 0 Å². The van der Waals surface area contributed by atoms with Gasteiger partial charge in [0.05, 0.1) is 0 Å². The standard InChI is InChI=1S/C15H21NO/c17-15(12-14-8-4-5-11-16-14)10-9-13-6-2-1-3-7-13/h1-3,6-7,14,16H,4-5,8-12H2. The third-order valence-electron chi connectivity index (χ3n) is 3.42. The van der Waals surface area contributed by atoms with Crippen molar-refractivity contribution in [3.8, 4) is 0 Å². The highest BCUT2D eigenvalue weighted by atomic mass is 16.1. The zero-order chi connectivity index (χ0) is 11.9. The number of hydrogen-bond acceptors (Lipinski definition) is 2. The summed E-state index contributed by atoms with van der Waals surface area (Å²) in [6.45, 7) is 1.08. The molecule has 1 atom stereocenters. The molecule has 0 spiro atoms. The van der Waals surface area contributed by atoms with Crippen molar-refractivity contribution in [1.82, 2.24) is 5.32 Å². The van der Waals surface area contributed by atoms with E-state index >= 15 is 0 Å². The van der Waals surface area contributed by atoms with Gasteiger partial charge < -0.3 is 5.32 Å². The molecule has 1 aromatic carbocycles. The van der Waals surface area contributed by atoms with Gasteiger partial charge in [-0.3, -0.25) is 4.79 Å². The van der Waals surface area contributed by atoms with Crippen LogP contribution in [0.4, 0.5) is 0 Å². The lowest BCUT2D eigenvalue weighted by atomic mass is 9.97. The van der Waals surface area contributed by atoms with Crippen LogP contribution in [0.15, 0.2) is 30.3 Å². The topological polar surface area (TPSA) is 29.1 Å². The van der Waals surface area contributed by atoms with Gasteiger partial charge in [0.15, 0.2) is 0 Å². The smallest absolute Gasteiger partial charge is 0.134 e. The normalized spacial score (nSPS) is 20.1. The summed E-state index contributed by atoms with van der Waals surface area (Å²) in [4.78, 5) is 11.8. The van der Waals surface area contributed by atoms with Gasteiger partial charge in [0.2, 0.25) is 0 Å². The van der Waals surface area contributed by atoms with E-state index in [0.717, 1.165) is 19.4 Å². The molecule has 0 aliphatic carbocycles. The Labute approximate surface area is 103 Å². The highest BCUT2D eigenvalue weighted by Gasteiger charge is 2.15. The summed E-state index contributed by atoms with van der Waals surface area (Å²) in [5.74, 6) is 0.397. The highest BCUT2D eigenvalue weighted by Crippen LogP contribution is 2.12. The van der Waals surface area contributed by atoms with Crippen LogP contribution in [0.1, 0.15) is 37.7 Å². The first-order valence-corrected chi connectivity index (χ1v) is 6.63. The minimum atomic E-state index is 0.397. The maximum Gasteiger partial charge on any atom is 0.134 e. The average molecular weight is 231 g/mol. The van der Waals surface area contributed by atoms with Crippen molar-refractivity contribution in [1.29, 1.82) is 0 Å². The minimum absolute atomic E-state index is 0.397. The van der Waals surface area contributed by atoms with Crippen LogP contribution in [0.5, 0.6) is 0 Å². The molecule has 0 saturated carbocycles. The van der Waals surface area contributed by atoms with Crippen molar-refractivity contribution in [2.45, 2.75) is 44.6 Å². The van der Waals surface area contributed by atoms with Crippen LogP contribution < -0.4 is 5.32 Å². The number of benzene rings is 1. The Kier molecular flexibility index (Phi) is 4.75. The van der Waals surface area contributed by atoms with Crippen LogP contribution in [0.3, 0.4) is 0 Å². The molecule has 92 valence electrons. The molecule has 0 amide bonds. The van der Waals surface area contributed by atoms with E-state index in [0.29, 0.717) is 24.7 Å². The van der Waals surface area contributed by atoms with Crippen molar-refractivity contribution in [3.63, 3.8) is 0 Å². The van der Waals surface area contributed by atoms with E-state index in [9.17, 15) is 4.79 Å². The molecule has 2 rings (SSSR count). The van der Waals surface area contributed by atoms with E-state index in [4.69, 9.17) is 0 Å². The molecule has 17 heavy (non-hydrogen) atoms. The molecule has 1 heterocycles. The SMILES string of the molecule is O=C(CCc1ccccc1)CC1CCCCN1. The number of hydrogen-bond donors (Lipinski definition) is 1. The Morgan fingerprint density at radius 3 is 2.76 bits per heavy atom. The largest absolute Gasteiger partial charge is 0.314 e. The van der Waals surface area contributed by atoms with Crippen molar-refractivity contribution < 1.29 is 4.79 Å². The van der Waals surface area contributed by atoms with E-state index in [1.54, 1.807) is 0 Å². The molecule has 0 aromatic heterocycles. The number of aryl methyl sites for hydroxylation is 1. The van der Waals surface area contributed by atoms with Gasteiger partial charge in [0.1, 0.15) is 5.78 Å². The van der Waals surface area contributed by atoms with Gasteiger partial charge in [0.25, 0.3) is 0 Å². The van der Waals surface area contributed by atoms with E-state index in [1.807, 2.05) is 18.2 Å². The Morgan fingerprint density at radius 2 is 2.06 bits per heavy atom. The molecule has 2 nitrogen and oxygen atoms in total. The fourth-order valence-electron chi connectivity index (χ4n) is 2.40. The zero-order valence-corrected chi connectivity index (χ0v) is 10.3. The zero-order valence-electron chi connectivity index (χ0n) is 10.3. The number of carbonyl (C=O) groups excluding carboxylic acids is 1. The number of Topliss-reactive ketones (excluding diaryl/α,β-unsaturated/α-hetero) is 1. The summed E-state index contributed by atoms with van der Waals surface area (Å²) in [6, 6.07) is 10.7. The van der Waals surface area contributed by atoms with Gasteiger partial charge in [-0.1, -0.05) is 36.8 Å². The summed E-state index contributed by atoms with van der Waals surface area (Å²) in [7, 11) is 0.